The number of hydrogen-bond donors (Lipinski definition) is 0. The van der Waals surface area contributed by atoms with E-state index in [9.17, 15) is 0 Å². The van der Waals surface area contributed by atoms with Crippen LogP contribution in [0.1, 0.15) is 22.5 Å². The van der Waals surface area contributed by atoms with E-state index >= 15 is 0 Å². The molecule has 0 atom stereocenters. The van der Waals surface area contributed by atoms with E-state index in [0.29, 0.717) is 0 Å². The molecule has 5 heteroatoms. The van der Waals surface area contributed by atoms with Gasteiger partial charge in [-0.3, -0.25) is 0 Å². The Kier molecular flexibility index (Phi) is 9.98. The van der Waals surface area contributed by atoms with Crippen molar-refractivity contribution in [2.75, 3.05) is 0 Å². The van der Waals surface area contributed by atoms with E-state index in [1.54, 1.807) is 0 Å². The second-order valence-corrected chi connectivity index (χ2v) is 8.74. The molecule has 6 rings (SSSR count). The van der Waals surface area contributed by atoms with Crippen LogP contribution in [-0.2, 0) is 26.2 Å². The molecular weight excluding hydrogens is 550 g/mol. The van der Waals surface area contributed by atoms with Gasteiger partial charge in [-0.1, -0.05) is 12.1 Å². The number of halogens is 2. The minimum Gasteiger partial charge on any atom is -1.00 e. The van der Waals surface area contributed by atoms with Crippen LogP contribution in [0, 0.1) is 27.7 Å². The Labute approximate surface area is 239 Å². The van der Waals surface area contributed by atoms with Crippen molar-refractivity contribution in [1.29, 1.82) is 0 Å². The summed E-state index contributed by atoms with van der Waals surface area (Å²) in [6.45, 7) is 8.55. The standard InChI is InChI=1S/2C15H14N.2ClH.Zr/c2*1-11-7-12(2)16(10-11)15-8-13-5-3-4-6-14(13)9-15;;;/h2*3-10H,1-2H3;2*1H;/q2*-1;;;+4/p-2. The van der Waals surface area contributed by atoms with E-state index < -0.39 is 0 Å². The van der Waals surface area contributed by atoms with Crippen LogP contribution in [0.25, 0.3) is 32.9 Å². The summed E-state index contributed by atoms with van der Waals surface area (Å²) in [7, 11) is 0. The summed E-state index contributed by atoms with van der Waals surface area (Å²) in [4.78, 5) is 0. The first-order valence-electron chi connectivity index (χ1n) is 11.1. The van der Waals surface area contributed by atoms with Crippen molar-refractivity contribution in [1.82, 2.24) is 9.13 Å². The molecule has 0 aliphatic heterocycles. The summed E-state index contributed by atoms with van der Waals surface area (Å²) < 4.78 is 4.49. The smallest absolute Gasteiger partial charge is 1.00 e. The fourth-order valence-corrected chi connectivity index (χ4v) is 4.59. The van der Waals surface area contributed by atoms with Crippen molar-refractivity contribution >= 4 is 21.5 Å². The zero-order chi connectivity index (χ0) is 22.2. The van der Waals surface area contributed by atoms with Gasteiger partial charge in [-0.05, 0) is 62.3 Å². The predicted octanol–water partition coefficient (Wildman–Crippen LogP) is 1.94. The number of hydrogen-bond acceptors (Lipinski definition) is 0. The Morgan fingerprint density at radius 2 is 0.914 bits per heavy atom. The molecule has 2 heterocycles. The number of aromatic nitrogens is 2. The molecule has 2 nitrogen and oxygen atoms in total. The van der Waals surface area contributed by atoms with E-state index in [0.717, 1.165) is 0 Å². The van der Waals surface area contributed by atoms with E-state index in [-0.39, 0.29) is 51.0 Å². The number of benzene rings is 2. The Morgan fingerprint density at radius 1 is 0.543 bits per heavy atom. The molecule has 6 aromatic rings. The molecule has 0 amide bonds. The molecule has 0 spiro atoms. The van der Waals surface area contributed by atoms with Gasteiger partial charge in [0.15, 0.2) is 0 Å². The summed E-state index contributed by atoms with van der Waals surface area (Å²) in [5, 5.41) is 5.23. The maximum atomic E-state index is 2.25. The van der Waals surface area contributed by atoms with Crippen molar-refractivity contribution < 1.29 is 51.0 Å². The first-order chi connectivity index (χ1) is 15.5. The Balaban J connectivity index is 0.000000227. The Bertz CT molecular complexity index is 1350. The number of nitrogens with zero attached hydrogens (tertiary/aromatic N) is 2. The quantitative estimate of drug-likeness (QED) is 0.278. The monoisotopic (exact) mass is 576 g/mol. The van der Waals surface area contributed by atoms with Crippen LogP contribution < -0.4 is 24.8 Å². The molecule has 0 saturated heterocycles. The van der Waals surface area contributed by atoms with Gasteiger partial charge in [-0.15, -0.1) is 82.2 Å². The van der Waals surface area contributed by atoms with E-state index in [2.05, 4.69) is 134 Å². The SMILES string of the molecule is Cc1cc(C)n(-c2cc3ccccc3[cH-]2)c1.Cc1cc(C)n(-c2cc3ccccc3[cH-]2)c1.[Cl-].[Cl-].[Zr+4]. The third kappa shape index (κ3) is 6.09. The van der Waals surface area contributed by atoms with Crippen molar-refractivity contribution in [3.8, 4) is 11.4 Å². The summed E-state index contributed by atoms with van der Waals surface area (Å²) in [5.41, 5.74) is 7.70. The Hall–Kier alpha value is -2.32. The first-order valence-corrected chi connectivity index (χ1v) is 11.1. The normalized spacial score (nSPS) is 10.2. The fraction of sp³-hybridized carbons (Fsp3) is 0.133. The molecular formula is C30H28Cl2N2Zr. The predicted molar refractivity (Wildman–Crippen MR) is 137 cm³/mol. The minimum absolute atomic E-state index is 0. The van der Waals surface area contributed by atoms with Gasteiger partial charge in [-0.25, -0.2) is 0 Å². The summed E-state index contributed by atoms with van der Waals surface area (Å²) in [5.74, 6) is 0. The van der Waals surface area contributed by atoms with Crippen molar-refractivity contribution in [3.63, 3.8) is 0 Å². The van der Waals surface area contributed by atoms with Gasteiger partial charge in [0.2, 0.25) is 0 Å². The van der Waals surface area contributed by atoms with Gasteiger partial charge in [0.1, 0.15) is 0 Å². The molecule has 0 bridgehead atoms. The van der Waals surface area contributed by atoms with Gasteiger partial charge in [-0.2, -0.15) is 0 Å². The molecule has 0 radical (unpaired) electrons. The molecule has 0 N–H and O–H groups in total. The third-order valence-corrected chi connectivity index (χ3v) is 6.06. The van der Waals surface area contributed by atoms with Crippen LogP contribution in [-0.4, -0.2) is 9.13 Å². The zero-order valence-electron chi connectivity index (χ0n) is 20.4. The molecule has 2 aromatic heterocycles. The summed E-state index contributed by atoms with van der Waals surface area (Å²) >= 11 is 0. The van der Waals surface area contributed by atoms with E-state index in [1.807, 2.05) is 0 Å². The van der Waals surface area contributed by atoms with Crippen LogP contribution >= 0.6 is 0 Å². The van der Waals surface area contributed by atoms with E-state index in [4.69, 9.17) is 0 Å². The van der Waals surface area contributed by atoms with Gasteiger partial charge < -0.3 is 33.9 Å². The fourth-order valence-electron chi connectivity index (χ4n) is 4.59. The maximum absolute atomic E-state index is 2.25. The van der Waals surface area contributed by atoms with Crippen LogP contribution in [0.2, 0.25) is 0 Å². The molecule has 0 unspecified atom stereocenters. The first kappa shape index (κ1) is 28.9. The number of rotatable bonds is 2. The second kappa shape index (κ2) is 12.1. The molecule has 35 heavy (non-hydrogen) atoms. The maximum Gasteiger partial charge on any atom is 4.00 e. The van der Waals surface area contributed by atoms with E-state index in [1.165, 1.54) is 55.4 Å². The van der Waals surface area contributed by atoms with Gasteiger partial charge >= 0.3 is 26.2 Å². The minimum atomic E-state index is 0. The van der Waals surface area contributed by atoms with Crippen LogP contribution in [0.5, 0.6) is 0 Å². The number of aryl methyl sites for hydroxylation is 4. The van der Waals surface area contributed by atoms with Crippen LogP contribution in [0.4, 0.5) is 0 Å². The number of fused-ring (bicyclic) bond motifs is 2. The average Bonchev–Trinajstić information content (AvgIpc) is 3.52. The van der Waals surface area contributed by atoms with Gasteiger partial charge in [0.25, 0.3) is 0 Å². The average molecular weight is 579 g/mol. The van der Waals surface area contributed by atoms with Crippen molar-refractivity contribution in [2.45, 2.75) is 27.7 Å². The Morgan fingerprint density at radius 3 is 1.23 bits per heavy atom. The van der Waals surface area contributed by atoms with Gasteiger partial charge in [0.05, 0.1) is 0 Å². The molecule has 0 saturated carbocycles. The van der Waals surface area contributed by atoms with Crippen molar-refractivity contribution in [3.05, 3.63) is 120 Å². The topological polar surface area (TPSA) is 9.86 Å². The van der Waals surface area contributed by atoms with Crippen molar-refractivity contribution in [2.24, 2.45) is 0 Å². The van der Waals surface area contributed by atoms with Gasteiger partial charge in [0, 0.05) is 23.8 Å². The zero-order valence-corrected chi connectivity index (χ0v) is 24.4. The molecule has 176 valence electrons. The molecule has 0 fully saturated rings. The molecule has 4 aromatic carbocycles. The van der Waals surface area contributed by atoms with Crippen LogP contribution in [0.3, 0.4) is 0 Å². The molecule has 0 aliphatic rings. The largest absolute Gasteiger partial charge is 4.00 e. The third-order valence-electron chi connectivity index (χ3n) is 6.06. The summed E-state index contributed by atoms with van der Waals surface area (Å²) in [6, 6.07) is 30.3. The molecule has 0 aliphatic carbocycles. The summed E-state index contributed by atoms with van der Waals surface area (Å²) in [6.07, 6.45) is 4.37. The van der Waals surface area contributed by atoms with Crippen LogP contribution in [0.15, 0.2) is 97.3 Å². The second-order valence-electron chi connectivity index (χ2n) is 8.74.